The Morgan fingerprint density at radius 1 is 1.26 bits per heavy atom. The smallest absolute Gasteiger partial charge is 0.222 e. The maximum Gasteiger partial charge on any atom is 0.222 e. The predicted octanol–water partition coefficient (Wildman–Crippen LogP) is 3.48. The number of amides is 1. The summed E-state index contributed by atoms with van der Waals surface area (Å²) >= 11 is 11.9. The molecule has 0 radical (unpaired) electrons. The van der Waals surface area contributed by atoms with Crippen molar-refractivity contribution in [1.82, 2.24) is 9.80 Å². The highest BCUT2D eigenvalue weighted by Crippen LogP contribution is 2.27. The van der Waals surface area contributed by atoms with Crippen LogP contribution < -0.4 is 4.74 Å². The zero-order valence-electron chi connectivity index (χ0n) is 13.1. The normalized spacial score (nSPS) is 15.5. The van der Waals surface area contributed by atoms with Gasteiger partial charge in [0.1, 0.15) is 5.75 Å². The summed E-state index contributed by atoms with van der Waals surface area (Å²) in [6.45, 7) is 8.49. The standard InChI is InChI=1S/C17H22Cl2N2O2/c1-2-7-20-8-10-21(11-9-20)17(22)4-3-12-23-16-6-5-14(18)13-15(16)19/h2,5-6,13H,1,3-4,7-12H2. The van der Waals surface area contributed by atoms with Crippen molar-refractivity contribution in [3.63, 3.8) is 0 Å². The summed E-state index contributed by atoms with van der Waals surface area (Å²) in [7, 11) is 0. The highest BCUT2D eigenvalue weighted by atomic mass is 35.5. The van der Waals surface area contributed by atoms with Gasteiger partial charge in [-0.25, -0.2) is 0 Å². The summed E-state index contributed by atoms with van der Waals surface area (Å²) in [6.07, 6.45) is 3.06. The number of piperazine rings is 1. The Hall–Kier alpha value is -1.23. The van der Waals surface area contributed by atoms with E-state index in [1.54, 1.807) is 18.2 Å². The van der Waals surface area contributed by atoms with E-state index in [4.69, 9.17) is 27.9 Å². The third kappa shape index (κ3) is 5.72. The average Bonchev–Trinajstić information content (AvgIpc) is 2.54. The molecule has 2 rings (SSSR count). The molecule has 0 N–H and O–H groups in total. The second-order valence-corrected chi connectivity index (χ2v) is 6.34. The second kappa shape index (κ2) is 9.16. The van der Waals surface area contributed by atoms with E-state index in [0.717, 1.165) is 32.7 Å². The van der Waals surface area contributed by atoms with Gasteiger partial charge in [0.2, 0.25) is 5.91 Å². The van der Waals surface area contributed by atoms with Gasteiger partial charge in [0.25, 0.3) is 0 Å². The topological polar surface area (TPSA) is 32.8 Å². The van der Waals surface area contributed by atoms with Crippen LogP contribution in [0.4, 0.5) is 0 Å². The third-order valence-electron chi connectivity index (χ3n) is 3.80. The van der Waals surface area contributed by atoms with Gasteiger partial charge in [-0.05, 0) is 24.6 Å². The molecule has 0 bridgehead atoms. The number of hydrogen-bond acceptors (Lipinski definition) is 3. The van der Waals surface area contributed by atoms with Crippen LogP contribution >= 0.6 is 23.2 Å². The number of halogens is 2. The lowest BCUT2D eigenvalue weighted by atomic mass is 10.2. The van der Waals surface area contributed by atoms with Crippen molar-refractivity contribution in [3.8, 4) is 5.75 Å². The minimum Gasteiger partial charge on any atom is -0.492 e. The third-order valence-corrected chi connectivity index (χ3v) is 4.33. The van der Waals surface area contributed by atoms with Crippen molar-refractivity contribution in [3.05, 3.63) is 40.9 Å². The molecule has 1 aromatic rings. The summed E-state index contributed by atoms with van der Waals surface area (Å²) in [5.41, 5.74) is 0. The fourth-order valence-electron chi connectivity index (χ4n) is 2.52. The van der Waals surface area contributed by atoms with Crippen LogP contribution in [0.5, 0.6) is 5.75 Å². The number of rotatable bonds is 7. The molecule has 1 fully saturated rings. The summed E-state index contributed by atoms with van der Waals surface area (Å²) in [5, 5.41) is 1.07. The Labute approximate surface area is 147 Å². The van der Waals surface area contributed by atoms with Crippen LogP contribution in [0, 0.1) is 0 Å². The van der Waals surface area contributed by atoms with Gasteiger partial charge >= 0.3 is 0 Å². The lowest BCUT2D eigenvalue weighted by molar-refractivity contribution is -0.133. The zero-order valence-corrected chi connectivity index (χ0v) is 14.7. The van der Waals surface area contributed by atoms with Crippen LogP contribution in [0.3, 0.4) is 0 Å². The van der Waals surface area contributed by atoms with E-state index in [0.29, 0.717) is 35.2 Å². The monoisotopic (exact) mass is 356 g/mol. The maximum atomic E-state index is 12.2. The molecule has 1 aromatic carbocycles. The van der Waals surface area contributed by atoms with Crippen molar-refractivity contribution in [2.24, 2.45) is 0 Å². The second-order valence-electron chi connectivity index (χ2n) is 5.50. The first kappa shape index (κ1) is 18.1. The Morgan fingerprint density at radius 2 is 2.00 bits per heavy atom. The van der Waals surface area contributed by atoms with Crippen molar-refractivity contribution in [2.75, 3.05) is 39.3 Å². The minimum atomic E-state index is 0.189. The van der Waals surface area contributed by atoms with Crippen LogP contribution in [0.1, 0.15) is 12.8 Å². The Morgan fingerprint density at radius 3 is 2.65 bits per heavy atom. The number of hydrogen-bond donors (Lipinski definition) is 0. The molecule has 126 valence electrons. The summed E-state index contributed by atoms with van der Waals surface area (Å²) < 4.78 is 5.60. The van der Waals surface area contributed by atoms with E-state index < -0.39 is 0 Å². The van der Waals surface area contributed by atoms with E-state index in [9.17, 15) is 4.79 Å². The number of carbonyl (C=O) groups excluding carboxylic acids is 1. The first-order chi connectivity index (χ1) is 11.1. The molecule has 1 saturated heterocycles. The number of ether oxygens (including phenoxy) is 1. The molecule has 0 unspecified atom stereocenters. The van der Waals surface area contributed by atoms with Crippen LogP contribution in [0.2, 0.25) is 10.0 Å². The van der Waals surface area contributed by atoms with Crippen molar-refractivity contribution in [1.29, 1.82) is 0 Å². The van der Waals surface area contributed by atoms with Gasteiger partial charge in [0.15, 0.2) is 0 Å². The molecule has 6 heteroatoms. The van der Waals surface area contributed by atoms with E-state index in [1.807, 2.05) is 11.0 Å². The largest absolute Gasteiger partial charge is 0.492 e. The molecule has 0 atom stereocenters. The molecule has 1 aliphatic heterocycles. The predicted molar refractivity (Wildman–Crippen MR) is 94.4 cm³/mol. The van der Waals surface area contributed by atoms with E-state index in [-0.39, 0.29) is 5.91 Å². The lowest BCUT2D eigenvalue weighted by Crippen LogP contribution is -2.48. The molecule has 1 amide bonds. The fraction of sp³-hybridized carbons (Fsp3) is 0.471. The van der Waals surface area contributed by atoms with Crippen molar-refractivity contribution >= 4 is 29.1 Å². The highest BCUT2D eigenvalue weighted by molar-refractivity contribution is 6.35. The quantitative estimate of drug-likeness (QED) is 0.553. The molecule has 0 aliphatic carbocycles. The van der Waals surface area contributed by atoms with E-state index in [1.165, 1.54) is 0 Å². The van der Waals surface area contributed by atoms with Gasteiger partial charge in [0.05, 0.1) is 11.6 Å². The van der Waals surface area contributed by atoms with Crippen LogP contribution in [-0.2, 0) is 4.79 Å². The van der Waals surface area contributed by atoms with Crippen LogP contribution in [0.15, 0.2) is 30.9 Å². The van der Waals surface area contributed by atoms with E-state index in [2.05, 4.69) is 11.5 Å². The fourth-order valence-corrected chi connectivity index (χ4v) is 2.98. The Kier molecular flexibility index (Phi) is 7.21. The minimum absolute atomic E-state index is 0.189. The zero-order chi connectivity index (χ0) is 16.7. The molecule has 0 saturated carbocycles. The maximum absolute atomic E-state index is 12.2. The first-order valence-corrected chi connectivity index (χ1v) is 8.54. The molecule has 23 heavy (non-hydrogen) atoms. The Balaban J connectivity index is 1.66. The SMILES string of the molecule is C=CCN1CCN(C(=O)CCCOc2ccc(Cl)cc2Cl)CC1. The van der Waals surface area contributed by atoms with Gasteiger partial charge in [0, 0.05) is 44.2 Å². The van der Waals surface area contributed by atoms with Gasteiger partial charge in [-0.3, -0.25) is 9.69 Å². The molecular weight excluding hydrogens is 335 g/mol. The van der Waals surface area contributed by atoms with Crippen LogP contribution in [-0.4, -0.2) is 55.0 Å². The van der Waals surface area contributed by atoms with E-state index >= 15 is 0 Å². The Bertz CT molecular complexity index is 543. The number of carbonyl (C=O) groups is 1. The van der Waals surface area contributed by atoms with Crippen molar-refractivity contribution in [2.45, 2.75) is 12.8 Å². The number of nitrogens with zero attached hydrogens (tertiary/aromatic N) is 2. The molecule has 1 heterocycles. The molecule has 4 nitrogen and oxygen atoms in total. The number of benzene rings is 1. The average molecular weight is 357 g/mol. The molecule has 1 aliphatic rings. The molecule has 0 aromatic heterocycles. The van der Waals surface area contributed by atoms with Gasteiger partial charge in [-0.15, -0.1) is 6.58 Å². The molecular formula is C17H22Cl2N2O2. The highest BCUT2D eigenvalue weighted by Gasteiger charge is 2.19. The van der Waals surface area contributed by atoms with Gasteiger partial charge < -0.3 is 9.64 Å². The van der Waals surface area contributed by atoms with Crippen LogP contribution in [0.25, 0.3) is 0 Å². The van der Waals surface area contributed by atoms with Gasteiger partial charge in [-0.1, -0.05) is 29.3 Å². The molecule has 0 spiro atoms. The van der Waals surface area contributed by atoms with Crippen molar-refractivity contribution < 1.29 is 9.53 Å². The lowest BCUT2D eigenvalue weighted by Gasteiger charge is -2.34. The summed E-state index contributed by atoms with van der Waals surface area (Å²) in [5.74, 6) is 0.788. The summed E-state index contributed by atoms with van der Waals surface area (Å²) in [4.78, 5) is 16.4. The van der Waals surface area contributed by atoms with Gasteiger partial charge in [-0.2, -0.15) is 0 Å². The summed E-state index contributed by atoms with van der Waals surface area (Å²) in [6, 6.07) is 5.12. The first-order valence-electron chi connectivity index (χ1n) is 7.79.